The van der Waals surface area contributed by atoms with Gasteiger partial charge in [-0.15, -0.1) is 0 Å². The standard InChI is InChI=1S/C17H28N4O9/c1-8(2)5-11(16(28)21-10(17(29)30)3-4-13(23)24)20-12(22)7-19-15(27)9(18)6-14(25)26/h8-11H,3-7,18H2,1-2H3,(H,19,27)(H,20,22)(H,21,28)(H,23,24)(H,25,26)(H,29,30). The van der Waals surface area contributed by atoms with E-state index in [0.29, 0.717) is 0 Å². The minimum atomic E-state index is -1.45. The van der Waals surface area contributed by atoms with Crippen molar-refractivity contribution >= 4 is 35.6 Å². The molecular formula is C17H28N4O9. The summed E-state index contributed by atoms with van der Waals surface area (Å²) in [7, 11) is 0. The molecule has 0 fully saturated rings. The quantitative estimate of drug-likeness (QED) is 0.158. The molecule has 0 heterocycles. The van der Waals surface area contributed by atoms with Crippen LogP contribution in [-0.4, -0.2) is 75.6 Å². The SMILES string of the molecule is CC(C)CC(NC(=O)CNC(=O)C(N)CC(=O)O)C(=O)NC(CCC(=O)O)C(=O)O. The summed E-state index contributed by atoms with van der Waals surface area (Å²) < 4.78 is 0. The zero-order chi connectivity index (χ0) is 23.4. The number of carbonyl (C=O) groups is 6. The largest absolute Gasteiger partial charge is 0.481 e. The average Bonchev–Trinajstić information content (AvgIpc) is 2.60. The summed E-state index contributed by atoms with van der Waals surface area (Å²) in [6.45, 7) is 2.95. The monoisotopic (exact) mass is 432 g/mol. The maximum Gasteiger partial charge on any atom is 0.326 e. The molecule has 3 unspecified atom stereocenters. The number of carboxylic acid groups (broad SMARTS) is 3. The first-order chi connectivity index (χ1) is 13.8. The van der Waals surface area contributed by atoms with Crippen LogP contribution in [0.3, 0.4) is 0 Å². The Labute approximate surface area is 172 Å². The van der Waals surface area contributed by atoms with Crippen molar-refractivity contribution in [2.24, 2.45) is 11.7 Å². The fraction of sp³-hybridized carbons (Fsp3) is 0.647. The topological polar surface area (TPSA) is 225 Å². The van der Waals surface area contributed by atoms with E-state index in [4.69, 9.17) is 21.1 Å². The third kappa shape index (κ3) is 11.6. The van der Waals surface area contributed by atoms with E-state index in [1.807, 2.05) is 0 Å². The Hall–Kier alpha value is -3.22. The van der Waals surface area contributed by atoms with E-state index in [1.54, 1.807) is 13.8 Å². The fourth-order valence-corrected chi connectivity index (χ4v) is 2.33. The van der Waals surface area contributed by atoms with Crippen LogP contribution in [0, 0.1) is 5.92 Å². The molecule has 0 aromatic heterocycles. The van der Waals surface area contributed by atoms with Crippen molar-refractivity contribution in [2.75, 3.05) is 6.54 Å². The summed E-state index contributed by atoms with van der Waals surface area (Å²) in [5, 5.41) is 33.1. The van der Waals surface area contributed by atoms with Crippen molar-refractivity contribution < 1.29 is 44.1 Å². The van der Waals surface area contributed by atoms with Gasteiger partial charge in [-0.2, -0.15) is 0 Å². The molecule has 0 radical (unpaired) electrons. The van der Waals surface area contributed by atoms with Gasteiger partial charge >= 0.3 is 17.9 Å². The lowest BCUT2D eigenvalue weighted by Gasteiger charge is -2.22. The van der Waals surface area contributed by atoms with Crippen LogP contribution in [0.15, 0.2) is 0 Å². The first-order valence-electron chi connectivity index (χ1n) is 9.12. The van der Waals surface area contributed by atoms with Crippen LogP contribution >= 0.6 is 0 Å². The molecule has 8 N–H and O–H groups in total. The summed E-state index contributed by atoms with van der Waals surface area (Å²) in [4.78, 5) is 68.6. The number of aliphatic carboxylic acids is 3. The van der Waals surface area contributed by atoms with Gasteiger partial charge in [0.1, 0.15) is 12.1 Å². The van der Waals surface area contributed by atoms with Crippen LogP contribution in [0.1, 0.15) is 39.5 Å². The Morgan fingerprint density at radius 3 is 1.93 bits per heavy atom. The van der Waals surface area contributed by atoms with E-state index < -0.39 is 73.1 Å². The number of carbonyl (C=O) groups excluding carboxylic acids is 3. The highest BCUT2D eigenvalue weighted by Crippen LogP contribution is 2.07. The van der Waals surface area contributed by atoms with Crippen LogP contribution in [0.4, 0.5) is 0 Å². The van der Waals surface area contributed by atoms with Crippen LogP contribution in [0.5, 0.6) is 0 Å². The van der Waals surface area contributed by atoms with E-state index >= 15 is 0 Å². The highest BCUT2D eigenvalue weighted by atomic mass is 16.4. The van der Waals surface area contributed by atoms with Gasteiger partial charge in [0.05, 0.1) is 19.0 Å². The molecule has 0 aromatic carbocycles. The summed E-state index contributed by atoms with van der Waals surface area (Å²) in [5.74, 6) is -6.45. The molecule has 13 heteroatoms. The second kappa shape index (κ2) is 13.1. The molecule has 3 atom stereocenters. The van der Waals surface area contributed by atoms with Gasteiger partial charge < -0.3 is 37.0 Å². The number of nitrogens with one attached hydrogen (secondary N) is 3. The molecular weight excluding hydrogens is 404 g/mol. The van der Waals surface area contributed by atoms with Gasteiger partial charge in [0.15, 0.2) is 0 Å². The number of carboxylic acids is 3. The molecule has 30 heavy (non-hydrogen) atoms. The molecule has 0 aliphatic rings. The van der Waals surface area contributed by atoms with E-state index in [9.17, 15) is 28.8 Å². The zero-order valence-electron chi connectivity index (χ0n) is 16.7. The number of nitrogens with two attached hydrogens (primary N) is 1. The van der Waals surface area contributed by atoms with Crippen molar-refractivity contribution in [1.82, 2.24) is 16.0 Å². The first kappa shape index (κ1) is 26.8. The Balaban J connectivity index is 4.92. The normalized spacial score (nSPS) is 13.6. The first-order valence-corrected chi connectivity index (χ1v) is 9.12. The lowest BCUT2D eigenvalue weighted by Crippen LogP contribution is -2.54. The lowest BCUT2D eigenvalue weighted by molar-refractivity contribution is -0.143. The molecule has 0 spiro atoms. The van der Waals surface area contributed by atoms with Crippen LogP contribution < -0.4 is 21.7 Å². The maximum atomic E-state index is 12.4. The molecule has 0 rings (SSSR count). The van der Waals surface area contributed by atoms with Crippen molar-refractivity contribution in [2.45, 2.75) is 57.7 Å². The lowest BCUT2D eigenvalue weighted by atomic mass is 10.0. The maximum absolute atomic E-state index is 12.4. The van der Waals surface area contributed by atoms with E-state index in [0.717, 1.165) is 0 Å². The average molecular weight is 432 g/mol. The molecule has 0 saturated carbocycles. The molecule has 0 aliphatic carbocycles. The van der Waals surface area contributed by atoms with E-state index in [2.05, 4.69) is 16.0 Å². The Morgan fingerprint density at radius 1 is 0.867 bits per heavy atom. The van der Waals surface area contributed by atoms with E-state index in [-0.39, 0.29) is 18.8 Å². The summed E-state index contributed by atoms with van der Waals surface area (Å²) >= 11 is 0. The molecule has 3 amide bonds. The predicted molar refractivity (Wildman–Crippen MR) is 101 cm³/mol. The Bertz CT molecular complexity index is 666. The molecule has 170 valence electrons. The Kier molecular flexibility index (Phi) is 11.7. The van der Waals surface area contributed by atoms with Gasteiger partial charge in [-0.3, -0.25) is 24.0 Å². The fourth-order valence-electron chi connectivity index (χ4n) is 2.33. The van der Waals surface area contributed by atoms with Gasteiger partial charge in [0, 0.05) is 6.42 Å². The molecule has 13 nitrogen and oxygen atoms in total. The van der Waals surface area contributed by atoms with E-state index in [1.165, 1.54) is 0 Å². The minimum absolute atomic E-state index is 0.0677. The second-order valence-corrected chi connectivity index (χ2v) is 7.00. The van der Waals surface area contributed by atoms with Crippen LogP contribution in [0.25, 0.3) is 0 Å². The van der Waals surface area contributed by atoms with Gasteiger partial charge in [0.2, 0.25) is 17.7 Å². The minimum Gasteiger partial charge on any atom is -0.481 e. The summed E-state index contributed by atoms with van der Waals surface area (Å²) in [6.07, 6.45) is -1.29. The third-order valence-corrected chi connectivity index (χ3v) is 3.77. The highest BCUT2D eigenvalue weighted by molar-refractivity contribution is 5.93. The predicted octanol–water partition coefficient (Wildman–Crippen LogP) is -2.13. The van der Waals surface area contributed by atoms with Crippen molar-refractivity contribution in [3.05, 3.63) is 0 Å². The van der Waals surface area contributed by atoms with Crippen LogP contribution in [0.2, 0.25) is 0 Å². The van der Waals surface area contributed by atoms with Gasteiger partial charge in [0.25, 0.3) is 0 Å². The third-order valence-electron chi connectivity index (χ3n) is 3.77. The van der Waals surface area contributed by atoms with Gasteiger partial charge in [-0.05, 0) is 18.8 Å². The zero-order valence-corrected chi connectivity index (χ0v) is 16.7. The Morgan fingerprint density at radius 2 is 1.47 bits per heavy atom. The molecule has 0 aliphatic heterocycles. The molecule has 0 saturated heterocycles. The second-order valence-electron chi connectivity index (χ2n) is 7.00. The van der Waals surface area contributed by atoms with Crippen molar-refractivity contribution in [3.63, 3.8) is 0 Å². The summed E-state index contributed by atoms with van der Waals surface area (Å²) in [5.41, 5.74) is 5.37. The molecule has 0 bridgehead atoms. The number of amides is 3. The highest BCUT2D eigenvalue weighted by Gasteiger charge is 2.28. The van der Waals surface area contributed by atoms with Gasteiger partial charge in [-0.25, -0.2) is 4.79 Å². The van der Waals surface area contributed by atoms with Crippen molar-refractivity contribution in [1.29, 1.82) is 0 Å². The summed E-state index contributed by atoms with van der Waals surface area (Å²) in [6, 6.07) is -3.93. The van der Waals surface area contributed by atoms with Crippen LogP contribution in [-0.2, 0) is 28.8 Å². The number of hydrogen-bond acceptors (Lipinski definition) is 7. The smallest absolute Gasteiger partial charge is 0.326 e. The van der Waals surface area contributed by atoms with Crippen molar-refractivity contribution in [3.8, 4) is 0 Å². The van der Waals surface area contributed by atoms with Gasteiger partial charge in [-0.1, -0.05) is 13.8 Å². The number of rotatable bonds is 14. The number of hydrogen-bond donors (Lipinski definition) is 7. The molecule has 0 aromatic rings.